The second-order valence-electron chi connectivity index (χ2n) is 6.62. The van der Waals surface area contributed by atoms with Crippen LogP contribution in [0.25, 0.3) is 0 Å². The number of carbonyl (C=O) groups is 1. The first-order chi connectivity index (χ1) is 8.70. The minimum atomic E-state index is 0. The number of carbonyl (C=O) groups excluding carboxylic acids is 1. The third-order valence-corrected chi connectivity index (χ3v) is 5.73. The lowest BCUT2D eigenvalue weighted by molar-refractivity contribution is -0.146. The molecule has 1 aliphatic heterocycles. The Morgan fingerprint density at radius 1 is 1.16 bits per heavy atom. The summed E-state index contributed by atoms with van der Waals surface area (Å²) in [7, 11) is 0. The summed E-state index contributed by atoms with van der Waals surface area (Å²) in [6.07, 6.45) is 8.97. The molecule has 0 aromatic carbocycles. The monoisotopic (exact) mass is 287 g/mol. The third kappa shape index (κ3) is 2.78. The van der Waals surface area contributed by atoms with E-state index in [0.717, 1.165) is 6.42 Å². The van der Waals surface area contributed by atoms with Gasteiger partial charge in [-0.2, -0.15) is 0 Å². The number of nitrogens with one attached hydrogen (secondary N) is 1. The normalized spacial score (nSPS) is 30.7. The maximum absolute atomic E-state index is 11.8. The molecule has 1 N–H and O–H groups in total. The van der Waals surface area contributed by atoms with Crippen LogP contribution in [-0.2, 0) is 9.53 Å². The van der Waals surface area contributed by atoms with Crippen LogP contribution in [0.5, 0.6) is 0 Å². The largest absolute Gasteiger partial charge is 0.466 e. The van der Waals surface area contributed by atoms with Crippen molar-refractivity contribution < 1.29 is 9.53 Å². The van der Waals surface area contributed by atoms with Crippen LogP contribution in [0.15, 0.2) is 0 Å². The fourth-order valence-corrected chi connectivity index (χ4v) is 4.21. The smallest absolute Gasteiger partial charge is 0.309 e. The molecule has 0 amide bonds. The van der Waals surface area contributed by atoms with Gasteiger partial charge in [-0.1, -0.05) is 0 Å². The molecule has 3 fully saturated rings. The summed E-state index contributed by atoms with van der Waals surface area (Å²) >= 11 is 0. The lowest BCUT2D eigenvalue weighted by Gasteiger charge is -2.43. The predicted molar refractivity (Wildman–Crippen MR) is 77.4 cm³/mol. The zero-order chi connectivity index (χ0) is 12.6. The Bertz CT molecular complexity index is 329. The van der Waals surface area contributed by atoms with E-state index in [0.29, 0.717) is 17.4 Å². The highest BCUT2D eigenvalue weighted by Crippen LogP contribution is 2.65. The van der Waals surface area contributed by atoms with Gasteiger partial charge in [-0.3, -0.25) is 4.79 Å². The van der Waals surface area contributed by atoms with Crippen molar-refractivity contribution in [3.05, 3.63) is 0 Å². The maximum Gasteiger partial charge on any atom is 0.309 e. The molecule has 3 aliphatic rings. The summed E-state index contributed by atoms with van der Waals surface area (Å²) in [5, 5.41) is 3.46. The van der Waals surface area contributed by atoms with Crippen LogP contribution in [0.4, 0.5) is 0 Å². The van der Waals surface area contributed by atoms with Crippen LogP contribution in [0.3, 0.4) is 0 Å². The highest BCUT2D eigenvalue weighted by Gasteiger charge is 2.60. The molecule has 1 heterocycles. The van der Waals surface area contributed by atoms with E-state index in [2.05, 4.69) is 5.32 Å². The van der Waals surface area contributed by atoms with Gasteiger partial charge in [0.05, 0.1) is 12.5 Å². The molecule has 1 saturated heterocycles. The minimum Gasteiger partial charge on any atom is -0.466 e. The second kappa shape index (κ2) is 5.61. The first kappa shape index (κ1) is 15.1. The van der Waals surface area contributed by atoms with Gasteiger partial charge in [-0.05, 0) is 75.8 Å². The Morgan fingerprint density at radius 2 is 1.79 bits per heavy atom. The second-order valence-corrected chi connectivity index (χ2v) is 6.62. The summed E-state index contributed by atoms with van der Waals surface area (Å²) in [6.45, 7) is 4.81. The van der Waals surface area contributed by atoms with Crippen LogP contribution in [0, 0.1) is 16.7 Å². The summed E-state index contributed by atoms with van der Waals surface area (Å²) in [4.78, 5) is 11.8. The van der Waals surface area contributed by atoms with E-state index in [1.54, 1.807) is 0 Å². The molecule has 110 valence electrons. The predicted octanol–water partition coefficient (Wildman–Crippen LogP) is 2.92. The van der Waals surface area contributed by atoms with Crippen LogP contribution in [0.1, 0.15) is 51.9 Å². The van der Waals surface area contributed by atoms with Crippen LogP contribution >= 0.6 is 12.4 Å². The van der Waals surface area contributed by atoms with Crippen LogP contribution in [-0.4, -0.2) is 25.7 Å². The molecule has 19 heavy (non-hydrogen) atoms. The van der Waals surface area contributed by atoms with Crippen molar-refractivity contribution >= 4 is 18.4 Å². The van der Waals surface area contributed by atoms with Crippen molar-refractivity contribution in [3.63, 3.8) is 0 Å². The average molecular weight is 288 g/mol. The molecule has 0 radical (unpaired) electrons. The Kier molecular flexibility index (Phi) is 4.46. The summed E-state index contributed by atoms with van der Waals surface area (Å²) in [5.74, 6) is 0.301. The number of halogens is 1. The van der Waals surface area contributed by atoms with Crippen molar-refractivity contribution in [2.24, 2.45) is 16.7 Å². The Balaban J connectivity index is 0.00000133. The van der Waals surface area contributed by atoms with Gasteiger partial charge in [0.25, 0.3) is 0 Å². The lowest BCUT2D eigenvalue weighted by Crippen LogP contribution is -2.40. The van der Waals surface area contributed by atoms with Gasteiger partial charge >= 0.3 is 5.97 Å². The molecule has 3 nitrogen and oxygen atoms in total. The van der Waals surface area contributed by atoms with E-state index in [1.807, 2.05) is 6.92 Å². The summed E-state index contributed by atoms with van der Waals surface area (Å²) in [6, 6.07) is 0. The number of esters is 1. The molecular weight excluding hydrogens is 262 g/mol. The number of hydrogen-bond donors (Lipinski definition) is 1. The number of rotatable bonds is 2. The molecule has 2 saturated carbocycles. The topological polar surface area (TPSA) is 38.3 Å². The average Bonchev–Trinajstić information content (AvgIpc) is 3.10. The molecule has 0 aromatic heterocycles. The van der Waals surface area contributed by atoms with E-state index < -0.39 is 0 Å². The van der Waals surface area contributed by atoms with Crippen molar-refractivity contribution in [1.82, 2.24) is 5.32 Å². The van der Waals surface area contributed by atoms with Gasteiger partial charge in [0.1, 0.15) is 0 Å². The van der Waals surface area contributed by atoms with Gasteiger partial charge in [-0.15, -0.1) is 12.4 Å². The van der Waals surface area contributed by atoms with Gasteiger partial charge < -0.3 is 10.1 Å². The van der Waals surface area contributed by atoms with Crippen LogP contribution < -0.4 is 5.32 Å². The van der Waals surface area contributed by atoms with Crippen molar-refractivity contribution in [2.45, 2.75) is 51.9 Å². The molecule has 3 rings (SSSR count). The third-order valence-electron chi connectivity index (χ3n) is 5.73. The Labute approximate surface area is 122 Å². The molecule has 2 spiro atoms. The van der Waals surface area contributed by atoms with E-state index >= 15 is 0 Å². The molecule has 0 aromatic rings. The zero-order valence-electron chi connectivity index (χ0n) is 11.9. The van der Waals surface area contributed by atoms with Crippen LogP contribution in [0.2, 0.25) is 0 Å². The minimum absolute atomic E-state index is 0. The van der Waals surface area contributed by atoms with Crippen molar-refractivity contribution in [3.8, 4) is 0 Å². The number of ether oxygens (including phenoxy) is 1. The SMILES string of the molecule is CCOC(=O)C1CC12CCC1(CCNCC1)CC2.Cl. The van der Waals surface area contributed by atoms with E-state index in [9.17, 15) is 4.79 Å². The molecular formula is C15H26ClNO2. The fraction of sp³-hybridized carbons (Fsp3) is 0.933. The van der Waals surface area contributed by atoms with E-state index in [4.69, 9.17) is 4.74 Å². The number of hydrogen-bond acceptors (Lipinski definition) is 3. The van der Waals surface area contributed by atoms with Gasteiger partial charge in [0.15, 0.2) is 0 Å². The van der Waals surface area contributed by atoms with Gasteiger partial charge in [0, 0.05) is 0 Å². The number of piperidine rings is 1. The van der Waals surface area contributed by atoms with Crippen molar-refractivity contribution in [2.75, 3.05) is 19.7 Å². The molecule has 2 aliphatic carbocycles. The Morgan fingerprint density at radius 3 is 2.37 bits per heavy atom. The molecule has 0 bridgehead atoms. The first-order valence-corrected chi connectivity index (χ1v) is 7.57. The van der Waals surface area contributed by atoms with Gasteiger partial charge in [-0.25, -0.2) is 0 Å². The van der Waals surface area contributed by atoms with Gasteiger partial charge in [0.2, 0.25) is 0 Å². The van der Waals surface area contributed by atoms with E-state index in [1.165, 1.54) is 51.6 Å². The first-order valence-electron chi connectivity index (χ1n) is 7.57. The summed E-state index contributed by atoms with van der Waals surface area (Å²) in [5.41, 5.74) is 0.959. The highest BCUT2D eigenvalue weighted by atomic mass is 35.5. The Hall–Kier alpha value is -0.280. The lowest BCUT2D eigenvalue weighted by atomic mass is 9.64. The molecule has 4 heteroatoms. The summed E-state index contributed by atoms with van der Waals surface area (Å²) < 4.78 is 5.18. The van der Waals surface area contributed by atoms with E-state index in [-0.39, 0.29) is 24.3 Å². The highest BCUT2D eigenvalue weighted by molar-refractivity contribution is 5.85. The zero-order valence-corrected chi connectivity index (χ0v) is 12.7. The quantitative estimate of drug-likeness (QED) is 0.794. The maximum atomic E-state index is 11.8. The molecule has 1 atom stereocenters. The molecule has 1 unspecified atom stereocenters. The standard InChI is InChI=1S/C15H25NO2.ClH/c1-2-18-13(17)12-11-15(12)5-3-14(4-6-15)7-9-16-10-8-14;/h12,16H,2-11H2,1H3;1H. The fourth-order valence-electron chi connectivity index (χ4n) is 4.21. The van der Waals surface area contributed by atoms with Crippen molar-refractivity contribution in [1.29, 1.82) is 0 Å².